The summed E-state index contributed by atoms with van der Waals surface area (Å²) in [5.41, 5.74) is 2.25. The van der Waals surface area contributed by atoms with E-state index in [1.54, 1.807) is 26.5 Å². The van der Waals surface area contributed by atoms with E-state index in [9.17, 15) is 0 Å². The Labute approximate surface area is 111 Å². The third-order valence-electron chi connectivity index (χ3n) is 2.67. The molecule has 0 saturated heterocycles. The van der Waals surface area contributed by atoms with E-state index in [2.05, 4.69) is 20.3 Å². The Kier molecular flexibility index (Phi) is 4.12. The first-order chi connectivity index (χ1) is 9.22. The summed E-state index contributed by atoms with van der Waals surface area (Å²) >= 11 is 0. The molecule has 0 bridgehead atoms. The highest BCUT2D eigenvalue weighted by atomic mass is 16.5. The number of methoxy groups -OCH3 is 2. The average molecular weight is 260 g/mol. The van der Waals surface area contributed by atoms with Crippen LogP contribution in [-0.2, 0) is 6.54 Å². The lowest BCUT2D eigenvalue weighted by atomic mass is 10.1. The van der Waals surface area contributed by atoms with Crippen LogP contribution in [0.3, 0.4) is 0 Å². The van der Waals surface area contributed by atoms with Crippen LogP contribution < -0.4 is 14.8 Å². The highest BCUT2D eigenvalue weighted by Gasteiger charge is 2.05. The van der Waals surface area contributed by atoms with Gasteiger partial charge in [0.2, 0.25) is 17.7 Å². The Bertz CT molecular complexity index is 538. The summed E-state index contributed by atoms with van der Waals surface area (Å²) in [7, 11) is 3.11. The lowest BCUT2D eigenvalue weighted by molar-refractivity contribution is 0.373. The molecule has 2 aromatic rings. The van der Waals surface area contributed by atoms with Crippen molar-refractivity contribution in [3.8, 4) is 11.8 Å². The van der Waals surface area contributed by atoms with Crippen LogP contribution in [0.15, 0.2) is 24.5 Å². The maximum absolute atomic E-state index is 5.09. The van der Waals surface area contributed by atoms with E-state index >= 15 is 0 Å². The molecule has 2 heterocycles. The van der Waals surface area contributed by atoms with E-state index in [1.807, 2.05) is 19.2 Å². The van der Waals surface area contributed by atoms with Gasteiger partial charge in [-0.3, -0.25) is 4.98 Å². The quantitative estimate of drug-likeness (QED) is 0.884. The van der Waals surface area contributed by atoms with Crippen LogP contribution in [0.4, 0.5) is 5.95 Å². The second kappa shape index (κ2) is 5.99. The van der Waals surface area contributed by atoms with Gasteiger partial charge in [-0.25, -0.2) is 0 Å². The monoisotopic (exact) mass is 260 g/mol. The lowest BCUT2D eigenvalue weighted by Crippen LogP contribution is -2.06. The molecule has 100 valence electrons. The highest BCUT2D eigenvalue weighted by Crippen LogP contribution is 2.18. The van der Waals surface area contributed by atoms with Gasteiger partial charge < -0.3 is 14.8 Å². The summed E-state index contributed by atoms with van der Waals surface area (Å²) in [6.07, 6.45) is 3.58. The van der Waals surface area contributed by atoms with Gasteiger partial charge in [0.15, 0.2) is 0 Å². The maximum atomic E-state index is 5.09. The maximum Gasteiger partial charge on any atom is 0.229 e. The number of ether oxygens (including phenoxy) is 2. The molecule has 2 rings (SSSR count). The molecule has 0 saturated carbocycles. The first kappa shape index (κ1) is 13.1. The van der Waals surface area contributed by atoms with Gasteiger partial charge in [-0.2, -0.15) is 9.97 Å². The number of aromatic nitrogens is 3. The van der Waals surface area contributed by atoms with Gasteiger partial charge in [-0.05, 0) is 24.1 Å². The zero-order valence-corrected chi connectivity index (χ0v) is 11.2. The second-order valence-corrected chi connectivity index (χ2v) is 3.93. The number of nitrogens with zero attached hydrogens (tertiary/aromatic N) is 3. The fraction of sp³-hybridized carbons (Fsp3) is 0.308. The van der Waals surface area contributed by atoms with Gasteiger partial charge in [0, 0.05) is 18.9 Å². The van der Waals surface area contributed by atoms with Crippen molar-refractivity contribution in [1.82, 2.24) is 15.0 Å². The largest absolute Gasteiger partial charge is 0.481 e. The number of nitrogens with one attached hydrogen (secondary N) is 1. The highest BCUT2D eigenvalue weighted by molar-refractivity contribution is 5.35. The third-order valence-corrected chi connectivity index (χ3v) is 2.67. The van der Waals surface area contributed by atoms with Crippen molar-refractivity contribution in [1.29, 1.82) is 0 Å². The molecule has 19 heavy (non-hydrogen) atoms. The van der Waals surface area contributed by atoms with Crippen LogP contribution in [0.25, 0.3) is 0 Å². The van der Waals surface area contributed by atoms with E-state index in [4.69, 9.17) is 9.47 Å². The fourth-order valence-corrected chi connectivity index (χ4v) is 1.57. The van der Waals surface area contributed by atoms with Crippen LogP contribution in [0.5, 0.6) is 11.8 Å². The van der Waals surface area contributed by atoms with E-state index in [-0.39, 0.29) is 0 Å². The van der Waals surface area contributed by atoms with Crippen molar-refractivity contribution in [2.75, 3.05) is 19.5 Å². The number of anilines is 1. The molecule has 0 aromatic carbocycles. The number of hydrogen-bond acceptors (Lipinski definition) is 6. The standard InChI is InChI=1S/C13H16N4O2/c1-9-7-14-5-4-10(9)8-15-13-16-11(18-2)6-12(17-13)19-3/h4-7H,8H2,1-3H3,(H,15,16,17). The van der Waals surface area contributed by atoms with E-state index in [1.165, 1.54) is 0 Å². The molecule has 6 heteroatoms. The molecule has 2 aromatic heterocycles. The summed E-state index contributed by atoms with van der Waals surface area (Å²) in [5.74, 6) is 1.38. The molecule has 0 aliphatic rings. The Morgan fingerprint density at radius 3 is 2.42 bits per heavy atom. The number of aryl methyl sites for hydroxylation is 1. The summed E-state index contributed by atoms with van der Waals surface area (Å²) < 4.78 is 10.2. The van der Waals surface area contributed by atoms with Gasteiger partial charge in [0.1, 0.15) is 0 Å². The van der Waals surface area contributed by atoms with Crippen LogP contribution in [0, 0.1) is 6.92 Å². The zero-order valence-electron chi connectivity index (χ0n) is 11.2. The summed E-state index contributed by atoms with van der Waals surface area (Å²) in [5, 5.41) is 3.14. The van der Waals surface area contributed by atoms with E-state index in [0.29, 0.717) is 24.3 Å². The minimum atomic E-state index is 0.459. The normalized spacial score (nSPS) is 10.1. The molecule has 1 N–H and O–H groups in total. The molecule has 0 unspecified atom stereocenters. The Morgan fingerprint density at radius 1 is 1.16 bits per heavy atom. The second-order valence-electron chi connectivity index (χ2n) is 3.93. The summed E-state index contributed by atoms with van der Waals surface area (Å²) in [6, 6.07) is 3.59. The number of hydrogen-bond donors (Lipinski definition) is 1. The first-order valence-electron chi connectivity index (χ1n) is 5.83. The summed E-state index contributed by atoms with van der Waals surface area (Å²) in [4.78, 5) is 12.5. The van der Waals surface area contributed by atoms with Gasteiger partial charge in [0.25, 0.3) is 0 Å². The fourth-order valence-electron chi connectivity index (χ4n) is 1.57. The van der Waals surface area contributed by atoms with E-state index < -0.39 is 0 Å². The van der Waals surface area contributed by atoms with Crippen LogP contribution in [0.1, 0.15) is 11.1 Å². The molecule has 6 nitrogen and oxygen atoms in total. The Hall–Kier alpha value is -2.37. The predicted octanol–water partition coefficient (Wildman–Crippen LogP) is 1.81. The minimum absolute atomic E-state index is 0.459. The minimum Gasteiger partial charge on any atom is -0.481 e. The molecule has 0 atom stereocenters. The van der Waals surface area contributed by atoms with Crippen LogP contribution in [0.2, 0.25) is 0 Å². The third kappa shape index (κ3) is 3.31. The van der Waals surface area contributed by atoms with Gasteiger partial charge in [-0.1, -0.05) is 0 Å². The molecular formula is C13H16N4O2. The predicted molar refractivity (Wildman–Crippen MR) is 71.4 cm³/mol. The van der Waals surface area contributed by atoms with Crippen molar-refractivity contribution < 1.29 is 9.47 Å². The molecular weight excluding hydrogens is 244 g/mol. The molecule has 0 aliphatic heterocycles. The smallest absolute Gasteiger partial charge is 0.229 e. The topological polar surface area (TPSA) is 69.2 Å². The zero-order chi connectivity index (χ0) is 13.7. The van der Waals surface area contributed by atoms with Crippen molar-refractivity contribution in [3.05, 3.63) is 35.7 Å². The van der Waals surface area contributed by atoms with Gasteiger partial charge in [0.05, 0.1) is 20.3 Å². The van der Waals surface area contributed by atoms with Crippen LogP contribution >= 0.6 is 0 Å². The average Bonchev–Trinajstić information content (AvgIpc) is 2.46. The van der Waals surface area contributed by atoms with Crippen molar-refractivity contribution in [2.45, 2.75) is 13.5 Å². The molecule has 0 fully saturated rings. The lowest BCUT2D eigenvalue weighted by Gasteiger charge is -2.09. The van der Waals surface area contributed by atoms with Crippen LogP contribution in [-0.4, -0.2) is 29.2 Å². The molecule has 0 aliphatic carbocycles. The number of pyridine rings is 1. The number of rotatable bonds is 5. The van der Waals surface area contributed by atoms with Crippen molar-refractivity contribution in [3.63, 3.8) is 0 Å². The van der Waals surface area contributed by atoms with Gasteiger partial charge in [-0.15, -0.1) is 0 Å². The molecule has 0 radical (unpaired) electrons. The van der Waals surface area contributed by atoms with Crippen molar-refractivity contribution >= 4 is 5.95 Å². The Morgan fingerprint density at radius 2 is 1.84 bits per heavy atom. The van der Waals surface area contributed by atoms with Gasteiger partial charge >= 0.3 is 0 Å². The first-order valence-corrected chi connectivity index (χ1v) is 5.83. The summed E-state index contributed by atoms with van der Waals surface area (Å²) in [6.45, 7) is 2.63. The Balaban J connectivity index is 2.13. The van der Waals surface area contributed by atoms with E-state index in [0.717, 1.165) is 11.1 Å². The molecule has 0 spiro atoms. The molecule has 0 amide bonds. The SMILES string of the molecule is COc1cc(OC)nc(NCc2ccncc2C)n1. The van der Waals surface area contributed by atoms with Crippen molar-refractivity contribution in [2.24, 2.45) is 0 Å².